The minimum absolute atomic E-state index is 0.0186. The molecule has 2 aromatic heterocycles. The van der Waals surface area contributed by atoms with E-state index in [-0.39, 0.29) is 76.3 Å². The summed E-state index contributed by atoms with van der Waals surface area (Å²) in [5.74, 6) is -0.154. The zero-order chi connectivity index (χ0) is 47.9. The van der Waals surface area contributed by atoms with Crippen LogP contribution in [0.15, 0.2) is 76.7 Å². The van der Waals surface area contributed by atoms with E-state index in [2.05, 4.69) is 58.2 Å². The number of nitrogens with zero attached hydrogens (tertiary/aromatic N) is 5. The van der Waals surface area contributed by atoms with Crippen molar-refractivity contribution in [1.29, 1.82) is 0 Å². The highest BCUT2D eigenvalue weighted by Crippen LogP contribution is 2.56. The smallest absolute Gasteiger partial charge is 0.297 e. The number of aromatic amines is 1. The number of sulfone groups is 1. The Morgan fingerprint density at radius 2 is 1.81 bits per heavy atom. The number of benzene rings is 3. The van der Waals surface area contributed by atoms with Crippen LogP contribution in [-0.2, 0) is 19.3 Å². The van der Waals surface area contributed by atoms with E-state index in [4.69, 9.17) is 29.7 Å². The zero-order valence-electron chi connectivity index (χ0n) is 39.5. The van der Waals surface area contributed by atoms with E-state index < -0.39 is 44.5 Å². The molecule has 364 valence electrons. The minimum Gasteiger partial charge on any atom is -0.489 e. The standard InChI is InChI=1S/C51H60N8O9S/c1-29(2)35-8-5-6-9-36(35)38-10-7-17-57(38)33-23-51(24-33)14-18-56(19-15-51)39-12-11-37(48(52)60)46(58-41-20-31-13-16-53-49(31)55-50(41)68-44-28-65-27-42(44)58)47(39)69(63,64)34-21-40(59(61)62)45-43(22-34)67-26-32(54-45)25-66-30(3)4/h5-6,8-9,11-13,16,20-22,29-30,32-33,38,42,44,54H,7,10,14-15,17-19,23-28H2,1-4H3,(H2,52,60)(H,53,55)/t32-,38-,42-,44-/m0/s1. The molecule has 0 unspecified atom stereocenters. The Morgan fingerprint density at radius 1 is 1.01 bits per heavy atom. The maximum absolute atomic E-state index is 16.0. The Bertz CT molecular complexity index is 2940. The largest absolute Gasteiger partial charge is 0.489 e. The summed E-state index contributed by atoms with van der Waals surface area (Å²) in [6.07, 6.45) is 7.25. The summed E-state index contributed by atoms with van der Waals surface area (Å²) >= 11 is 0. The summed E-state index contributed by atoms with van der Waals surface area (Å²) in [5.41, 5.74) is 10.2. The molecule has 17 nitrogen and oxygen atoms in total. The van der Waals surface area contributed by atoms with Gasteiger partial charge in [0.25, 0.3) is 11.6 Å². The number of likely N-dealkylation sites (tertiary alicyclic amines) is 1. The molecule has 0 bridgehead atoms. The molecule has 5 aliphatic heterocycles. The van der Waals surface area contributed by atoms with Gasteiger partial charge >= 0.3 is 0 Å². The normalized spacial score (nSPS) is 23.3. The lowest BCUT2D eigenvalue weighted by molar-refractivity contribution is -0.384. The summed E-state index contributed by atoms with van der Waals surface area (Å²) in [6.45, 7) is 11.2. The van der Waals surface area contributed by atoms with Gasteiger partial charge in [0.1, 0.15) is 28.9 Å². The molecule has 1 amide bonds. The Kier molecular flexibility index (Phi) is 11.5. The first kappa shape index (κ1) is 45.5. The highest BCUT2D eigenvalue weighted by atomic mass is 32.2. The molecule has 3 saturated heterocycles. The van der Waals surface area contributed by atoms with Crippen molar-refractivity contribution < 1.29 is 37.1 Å². The summed E-state index contributed by atoms with van der Waals surface area (Å²) in [6, 6.07) is 18.1. The van der Waals surface area contributed by atoms with Gasteiger partial charge in [0.2, 0.25) is 15.7 Å². The van der Waals surface area contributed by atoms with E-state index >= 15 is 8.42 Å². The van der Waals surface area contributed by atoms with Gasteiger partial charge in [-0.15, -0.1) is 0 Å². The molecule has 0 radical (unpaired) electrons. The van der Waals surface area contributed by atoms with Crippen LogP contribution >= 0.6 is 0 Å². The number of nitro benzene ring substituents is 1. The predicted molar refractivity (Wildman–Crippen MR) is 261 cm³/mol. The fourth-order valence-electron chi connectivity index (χ4n) is 12.0. The molecule has 18 heteroatoms. The number of carbonyl (C=O) groups excluding carboxylic acids is 1. The van der Waals surface area contributed by atoms with E-state index in [1.807, 2.05) is 26.0 Å². The van der Waals surface area contributed by atoms with Crippen LogP contribution in [0.25, 0.3) is 11.0 Å². The topological polar surface area (TPSA) is 208 Å². The summed E-state index contributed by atoms with van der Waals surface area (Å²) in [5, 5.41) is 16.8. The average molecular weight is 961 g/mol. The number of nitrogens with two attached hydrogens (primary N) is 1. The number of nitro groups is 1. The number of H-pyrrole nitrogens is 1. The van der Waals surface area contributed by atoms with Crippen LogP contribution in [-0.4, -0.2) is 111 Å². The van der Waals surface area contributed by atoms with Crippen LogP contribution in [0.3, 0.4) is 0 Å². The molecule has 4 fully saturated rings. The van der Waals surface area contributed by atoms with Gasteiger partial charge in [-0.05, 0) is 106 Å². The number of aromatic nitrogens is 2. The van der Waals surface area contributed by atoms with Gasteiger partial charge in [0.15, 0.2) is 11.4 Å². The number of nitrogens with one attached hydrogen (secondary N) is 2. The first-order valence-corrected chi connectivity index (χ1v) is 25.8. The molecule has 3 aromatic carbocycles. The third kappa shape index (κ3) is 7.92. The molecule has 4 N–H and O–H groups in total. The third-order valence-electron chi connectivity index (χ3n) is 15.4. The van der Waals surface area contributed by atoms with Crippen LogP contribution in [0.1, 0.15) is 99.7 Å². The van der Waals surface area contributed by atoms with Crippen molar-refractivity contribution in [1.82, 2.24) is 14.9 Å². The third-order valence-corrected chi connectivity index (χ3v) is 17.2. The van der Waals surface area contributed by atoms with Crippen LogP contribution in [0.5, 0.6) is 11.6 Å². The number of carbonyl (C=O) groups is 1. The molecule has 5 aromatic rings. The molecule has 69 heavy (non-hydrogen) atoms. The molecular weight excluding hydrogens is 901 g/mol. The van der Waals surface area contributed by atoms with Crippen LogP contribution in [0.2, 0.25) is 0 Å². The molecule has 7 heterocycles. The maximum atomic E-state index is 16.0. The van der Waals surface area contributed by atoms with Crippen molar-refractivity contribution in [2.24, 2.45) is 11.1 Å². The number of fused-ring (bicyclic) bond motifs is 4. The molecule has 1 saturated carbocycles. The number of pyridine rings is 1. The van der Waals surface area contributed by atoms with Crippen molar-refractivity contribution in [2.75, 3.05) is 61.2 Å². The highest BCUT2D eigenvalue weighted by Gasteiger charge is 2.51. The Balaban J connectivity index is 0.995. The van der Waals surface area contributed by atoms with Crippen molar-refractivity contribution >= 4 is 55.2 Å². The highest BCUT2D eigenvalue weighted by molar-refractivity contribution is 7.91. The summed E-state index contributed by atoms with van der Waals surface area (Å²) in [7, 11) is -4.77. The van der Waals surface area contributed by atoms with Crippen molar-refractivity contribution in [2.45, 2.75) is 118 Å². The Labute approximate surface area is 401 Å². The number of anilines is 4. The number of piperidine rings is 1. The fraction of sp³-hybridized carbons (Fsp3) is 0.490. The molecular formula is C51H60N8O9S. The van der Waals surface area contributed by atoms with Crippen molar-refractivity contribution in [3.63, 3.8) is 0 Å². The maximum Gasteiger partial charge on any atom is 0.297 e. The zero-order valence-corrected chi connectivity index (χ0v) is 40.3. The van der Waals surface area contributed by atoms with Crippen molar-refractivity contribution in [3.8, 4) is 11.6 Å². The van der Waals surface area contributed by atoms with E-state index in [1.54, 1.807) is 23.2 Å². The second-order valence-electron chi connectivity index (χ2n) is 20.4. The Hall–Kier alpha value is -5.95. The first-order chi connectivity index (χ1) is 33.2. The minimum atomic E-state index is -4.77. The van der Waals surface area contributed by atoms with Crippen LogP contribution in [0, 0.1) is 15.5 Å². The first-order valence-electron chi connectivity index (χ1n) is 24.4. The number of primary amides is 1. The van der Waals surface area contributed by atoms with Crippen LogP contribution < -0.4 is 30.3 Å². The fourth-order valence-corrected chi connectivity index (χ4v) is 13.7. The van der Waals surface area contributed by atoms with Gasteiger partial charge in [-0.1, -0.05) is 38.1 Å². The van der Waals surface area contributed by atoms with Gasteiger partial charge in [-0.2, -0.15) is 4.98 Å². The van der Waals surface area contributed by atoms with Crippen molar-refractivity contribution in [3.05, 3.63) is 93.7 Å². The lowest BCUT2D eigenvalue weighted by Crippen LogP contribution is -2.55. The molecule has 1 spiro atoms. The van der Waals surface area contributed by atoms with Crippen LogP contribution in [0.4, 0.5) is 28.4 Å². The number of rotatable bonds is 12. The molecule has 4 atom stereocenters. The predicted octanol–water partition coefficient (Wildman–Crippen LogP) is 8.01. The number of amides is 1. The lowest BCUT2D eigenvalue weighted by Gasteiger charge is -2.56. The molecule has 1 aliphatic carbocycles. The lowest BCUT2D eigenvalue weighted by atomic mass is 9.59. The summed E-state index contributed by atoms with van der Waals surface area (Å²) < 4.78 is 56.3. The molecule has 6 aliphatic rings. The SMILES string of the molecule is CC(C)OC[C@H]1COc2cc(S(=O)(=O)c3c(N4CCC5(CC4)CC(N4CCC[C@H]4c4ccccc4C(C)C)C5)ccc(C(N)=O)c3N3c4cc5cc[nH]c5nc4O[C@H]4COC[C@@H]43)cc([N+](=O)[O-])c2N1. The van der Waals surface area contributed by atoms with Gasteiger partial charge in [-0.25, -0.2) is 8.42 Å². The second-order valence-corrected chi connectivity index (χ2v) is 22.3. The van der Waals surface area contributed by atoms with E-state index in [1.165, 1.54) is 23.6 Å². The summed E-state index contributed by atoms with van der Waals surface area (Å²) in [4.78, 5) is 40.1. The van der Waals surface area contributed by atoms with E-state index in [0.717, 1.165) is 50.1 Å². The Morgan fingerprint density at radius 3 is 2.57 bits per heavy atom. The average Bonchev–Trinajstić information content (AvgIpc) is 4.12. The van der Waals surface area contributed by atoms with Gasteiger partial charge < -0.3 is 44.8 Å². The number of ether oxygens (including phenoxy) is 4. The number of hydrogen-bond donors (Lipinski definition) is 3. The van der Waals surface area contributed by atoms with Gasteiger partial charge in [-0.3, -0.25) is 19.8 Å². The van der Waals surface area contributed by atoms with E-state index in [9.17, 15) is 14.9 Å². The van der Waals surface area contributed by atoms with E-state index in [0.29, 0.717) is 48.1 Å². The van der Waals surface area contributed by atoms with Gasteiger partial charge in [0, 0.05) is 48.9 Å². The molecule has 11 rings (SSSR count). The monoisotopic (exact) mass is 960 g/mol. The quantitative estimate of drug-likeness (QED) is 0.0800. The van der Waals surface area contributed by atoms with Gasteiger partial charge in [0.05, 0.1) is 64.8 Å². The number of hydrogen-bond acceptors (Lipinski definition) is 14. The second kappa shape index (κ2) is 17.5.